The topological polar surface area (TPSA) is 58.6 Å². The highest BCUT2D eigenvalue weighted by Gasteiger charge is 2.34. The maximum Gasteiger partial charge on any atom is 0.260 e. The second kappa shape index (κ2) is 11.3. The average Bonchev–Trinajstić information content (AvgIpc) is 2.88. The minimum Gasteiger partial charge on any atom is -0.484 e. The van der Waals surface area contributed by atoms with Crippen molar-refractivity contribution in [2.24, 2.45) is 5.92 Å². The van der Waals surface area contributed by atoms with E-state index in [1.165, 1.54) is 5.56 Å². The number of rotatable bonds is 8. The SMILES string of the molecule is O=C(NCCc1ccccc1)C1CC(c2ccccc2)CN(C(=O)COc2ccccc2)C1. The summed E-state index contributed by atoms with van der Waals surface area (Å²) < 4.78 is 5.68. The van der Waals surface area contributed by atoms with E-state index in [4.69, 9.17) is 4.74 Å². The van der Waals surface area contributed by atoms with Crippen molar-refractivity contribution in [1.29, 1.82) is 0 Å². The molecule has 1 heterocycles. The summed E-state index contributed by atoms with van der Waals surface area (Å²) in [6.45, 7) is 1.56. The molecule has 0 aliphatic carbocycles. The largest absolute Gasteiger partial charge is 0.484 e. The van der Waals surface area contributed by atoms with E-state index in [1.807, 2.05) is 66.7 Å². The summed E-state index contributed by atoms with van der Waals surface area (Å²) in [6.07, 6.45) is 1.51. The number of hydrogen-bond donors (Lipinski definition) is 1. The Morgan fingerprint density at radius 2 is 1.48 bits per heavy atom. The van der Waals surface area contributed by atoms with Crippen LogP contribution in [-0.2, 0) is 16.0 Å². The molecular formula is C28H30N2O3. The fourth-order valence-corrected chi connectivity index (χ4v) is 4.33. The number of likely N-dealkylation sites (tertiary alicyclic amines) is 1. The molecule has 0 aromatic heterocycles. The van der Waals surface area contributed by atoms with Crippen LogP contribution in [0, 0.1) is 5.92 Å². The molecule has 33 heavy (non-hydrogen) atoms. The van der Waals surface area contributed by atoms with Crippen molar-refractivity contribution in [2.45, 2.75) is 18.8 Å². The maximum absolute atomic E-state index is 13.0. The van der Waals surface area contributed by atoms with Crippen LogP contribution in [-0.4, -0.2) is 43.0 Å². The summed E-state index contributed by atoms with van der Waals surface area (Å²) in [5.74, 6) is 0.443. The monoisotopic (exact) mass is 442 g/mol. The van der Waals surface area contributed by atoms with Crippen LogP contribution >= 0.6 is 0 Å². The van der Waals surface area contributed by atoms with Crippen LogP contribution < -0.4 is 10.1 Å². The number of nitrogens with one attached hydrogen (secondary N) is 1. The van der Waals surface area contributed by atoms with Crippen molar-refractivity contribution in [1.82, 2.24) is 10.2 Å². The average molecular weight is 443 g/mol. The molecule has 2 atom stereocenters. The van der Waals surface area contributed by atoms with Gasteiger partial charge >= 0.3 is 0 Å². The van der Waals surface area contributed by atoms with Gasteiger partial charge in [0.1, 0.15) is 5.75 Å². The summed E-state index contributed by atoms with van der Waals surface area (Å²) in [6, 6.07) is 29.6. The van der Waals surface area contributed by atoms with Crippen molar-refractivity contribution in [3.63, 3.8) is 0 Å². The molecular weight excluding hydrogens is 412 g/mol. The molecule has 1 fully saturated rings. The molecule has 5 heteroatoms. The highest BCUT2D eigenvalue weighted by molar-refractivity contribution is 5.82. The first-order chi connectivity index (χ1) is 16.2. The molecule has 3 aromatic rings. The number of nitrogens with zero attached hydrogens (tertiary/aromatic N) is 1. The smallest absolute Gasteiger partial charge is 0.260 e. The van der Waals surface area contributed by atoms with Crippen LogP contribution in [0.25, 0.3) is 0 Å². The van der Waals surface area contributed by atoms with Gasteiger partial charge in [0, 0.05) is 25.6 Å². The summed E-state index contributed by atoms with van der Waals surface area (Å²) in [4.78, 5) is 27.8. The van der Waals surface area contributed by atoms with Gasteiger partial charge in [0.15, 0.2) is 6.61 Å². The van der Waals surface area contributed by atoms with E-state index in [1.54, 1.807) is 4.90 Å². The zero-order valence-electron chi connectivity index (χ0n) is 18.7. The number of para-hydroxylation sites is 1. The highest BCUT2D eigenvalue weighted by Crippen LogP contribution is 2.30. The maximum atomic E-state index is 13.0. The lowest BCUT2D eigenvalue weighted by Gasteiger charge is -2.37. The lowest BCUT2D eigenvalue weighted by molar-refractivity contribution is -0.138. The molecule has 170 valence electrons. The lowest BCUT2D eigenvalue weighted by atomic mass is 9.84. The van der Waals surface area contributed by atoms with Crippen molar-refractivity contribution >= 4 is 11.8 Å². The Bertz CT molecular complexity index is 1020. The predicted octanol–water partition coefficient (Wildman–Crippen LogP) is 4.06. The number of amides is 2. The third-order valence-electron chi connectivity index (χ3n) is 6.11. The van der Waals surface area contributed by atoms with Gasteiger partial charge in [-0.25, -0.2) is 0 Å². The number of hydrogen-bond acceptors (Lipinski definition) is 3. The quantitative estimate of drug-likeness (QED) is 0.572. The zero-order chi connectivity index (χ0) is 22.9. The van der Waals surface area contributed by atoms with Gasteiger partial charge in [-0.05, 0) is 36.1 Å². The number of piperidine rings is 1. The molecule has 1 saturated heterocycles. The molecule has 0 spiro atoms. The fraction of sp³-hybridized carbons (Fsp3) is 0.286. The van der Waals surface area contributed by atoms with Gasteiger partial charge in [-0.1, -0.05) is 78.9 Å². The van der Waals surface area contributed by atoms with Gasteiger partial charge in [-0.15, -0.1) is 0 Å². The van der Waals surface area contributed by atoms with Crippen molar-refractivity contribution in [3.8, 4) is 5.75 Å². The molecule has 5 nitrogen and oxygen atoms in total. The molecule has 0 bridgehead atoms. The number of carbonyl (C=O) groups is 2. The first-order valence-electron chi connectivity index (χ1n) is 11.5. The van der Waals surface area contributed by atoms with E-state index in [0.29, 0.717) is 25.4 Å². The van der Waals surface area contributed by atoms with E-state index in [9.17, 15) is 9.59 Å². The molecule has 1 aliphatic heterocycles. The Morgan fingerprint density at radius 1 is 0.848 bits per heavy atom. The van der Waals surface area contributed by atoms with Gasteiger partial charge in [-0.3, -0.25) is 9.59 Å². The van der Waals surface area contributed by atoms with Gasteiger partial charge in [0.25, 0.3) is 5.91 Å². The number of carbonyl (C=O) groups excluding carboxylic acids is 2. The minimum absolute atomic E-state index is 0.00772. The standard InChI is InChI=1S/C28H30N2O3/c31-27(21-33-26-14-8-3-9-15-26)30-19-24(23-12-6-2-7-13-23)18-25(20-30)28(32)29-17-16-22-10-4-1-5-11-22/h1-15,24-25H,16-21H2,(H,29,32). The molecule has 1 N–H and O–H groups in total. The van der Waals surface area contributed by atoms with E-state index >= 15 is 0 Å². The van der Waals surface area contributed by atoms with E-state index in [2.05, 4.69) is 29.6 Å². The van der Waals surface area contributed by atoms with Gasteiger partial charge in [0.2, 0.25) is 5.91 Å². The molecule has 2 amide bonds. The Kier molecular flexibility index (Phi) is 7.75. The summed E-state index contributed by atoms with van der Waals surface area (Å²) in [5.41, 5.74) is 2.35. The Labute approximate surface area is 195 Å². The molecule has 4 rings (SSSR count). The fourth-order valence-electron chi connectivity index (χ4n) is 4.33. The molecule has 1 aliphatic rings. The highest BCUT2D eigenvalue weighted by atomic mass is 16.5. The second-order valence-electron chi connectivity index (χ2n) is 8.47. The van der Waals surface area contributed by atoms with Crippen molar-refractivity contribution in [2.75, 3.05) is 26.2 Å². The first kappa shape index (κ1) is 22.6. The molecule has 0 radical (unpaired) electrons. The third-order valence-corrected chi connectivity index (χ3v) is 6.11. The summed E-state index contributed by atoms with van der Waals surface area (Å²) in [7, 11) is 0. The number of ether oxygens (including phenoxy) is 1. The Hall–Kier alpha value is -3.60. The van der Waals surface area contributed by atoms with Crippen molar-refractivity contribution < 1.29 is 14.3 Å². The van der Waals surface area contributed by atoms with Crippen LogP contribution in [0.15, 0.2) is 91.0 Å². The van der Waals surface area contributed by atoms with Gasteiger partial charge in [-0.2, -0.15) is 0 Å². The van der Waals surface area contributed by atoms with Crippen LogP contribution in [0.4, 0.5) is 0 Å². The van der Waals surface area contributed by atoms with Crippen LogP contribution in [0.2, 0.25) is 0 Å². The first-order valence-corrected chi connectivity index (χ1v) is 11.5. The van der Waals surface area contributed by atoms with Crippen molar-refractivity contribution in [3.05, 3.63) is 102 Å². The van der Waals surface area contributed by atoms with E-state index < -0.39 is 0 Å². The van der Waals surface area contributed by atoms with Crippen LogP contribution in [0.3, 0.4) is 0 Å². The van der Waals surface area contributed by atoms with Crippen LogP contribution in [0.1, 0.15) is 23.5 Å². The van der Waals surface area contributed by atoms with E-state index in [0.717, 1.165) is 18.4 Å². The van der Waals surface area contributed by atoms with Crippen LogP contribution in [0.5, 0.6) is 5.75 Å². The normalized spacial score (nSPS) is 17.9. The lowest BCUT2D eigenvalue weighted by Crippen LogP contribution is -2.49. The molecule has 0 saturated carbocycles. The molecule has 2 unspecified atom stereocenters. The Balaban J connectivity index is 1.39. The summed E-state index contributed by atoms with van der Waals surface area (Å²) in [5, 5.41) is 3.08. The second-order valence-corrected chi connectivity index (χ2v) is 8.47. The zero-order valence-corrected chi connectivity index (χ0v) is 18.7. The summed E-state index contributed by atoms with van der Waals surface area (Å²) >= 11 is 0. The Morgan fingerprint density at radius 3 is 2.18 bits per heavy atom. The third kappa shape index (κ3) is 6.45. The van der Waals surface area contributed by atoms with Gasteiger partial charge in [0.05, 0.1) is 5.92 Å². The molecule has 3 aromatic carbocycles. The van der Waals surface area contributed by atoms with E-state index in [-0.39, 0.29) is 30.3 Å². The number of benzene rings is 3. The minimum atomic E-state index is -0.250. The predicted molar refractivity (Wildman–Crippen MR) is 129 cm³/mol. The van der Waals surface area contributed by atoms with Gasteiger partial charge < -0.3 is 15.0 Å².